The molecule has 2 aromatic rings. The number of aromatic nitrogens is 2. The molecular weight excluding hydrogens is 198 g/mol. The van der Waals surface area contributed by atoms with Crippen molar-refractivity contribution >= 4 is 16.6 Å². The van der Waals surface area contributed by atoms with E-state index in [-0.39, 0.29) is 12.3 Å². The minimum Gasteiger partial charge on any atom is -0.394 e. The first kappa shape index (κ1) is 9.60. The Morgan fingerprint density at radius 2 is 2.33 bits per heavy atom. The number of aliphatic hydroxyl groups excluding tert-OH is 1. The number of benzene rings is 1. The van der Waals surface area contributed by atoms with Gasteiger partial charge in [-0.1, -0.05) is 0 Å². The van der Waals surface area contributed by atoms with Gasteiger partial charge >= 0.3 is 0 Å². The van der Waals surface area contributed by atoms with E-state index in [0.29, 0.717) is 11.9 Å². The lowest BCUT2D eigenvalue weighted by atomic mass is 10.2. The van der Waals surface area contributed by atoms with Gasteiger partial charge in [-0.2, -0.15) is 5.10 Å². The zero-order valence-electron chi connectivity index (χ0n) is 7.83. The summed E-state index contributed by atoms with van der Waals surface area (Å²) in [6.45, 7) is 0.384. The lowest BCUT2D eigenvalue weighted by molar-refractivity contribution is -0.384. The van der Waals surface area contributed by atoms with Crippen molar-refractivity contribution < 1.29 is 10.0 Å². The normalized spacial score (nSPS) is 10.7. The molecule has 0 saturated heterocycles. The zero-order valence-corrected chi connectivity index (χ0v) is 7.83. The number of fused-ring (bicyclic) bond motifs is 1. The Morgan fingerprint density at radius 1 is 1.53 bits per heavy atom. The molecule has 1 N–H and O–H groups in total. The van der Waals surface area contributed by atoms with Crippen LogP contribution >= 0.6 is 0 Å². The first-order chi connectivity index (χ1) is 7.22. The van der Waals surface area contributed by atoms with Gasteiger partial charge in [-0.25, -0.2) is 0 Å². The van der Waals surface area contributed by atoms with Crippen molar-refractivity contribution in [2.24, 2.45) is 0 Å². The predicted octanol–water partition coefficient (Wildman–Crippen LogP) is 0.937. The summed E-state index contributed by atoms with van der Waals surface area (Å²) in [6.07, 6.45) is 1.55. The van der Waals surface area contributed by atoms with Crippen LogP contribution in [0, 0.1) is 10.1 Å². The maximum atomic E-state index is 10.5. The van der Waals surface area contributed by atoms with Crippen molar-refractivity contribution in [3.8, 4) is 0 Å². The van der Waals surface area contributed by atoms with Gasteiger partial charge in [-0.15, -0.1) is 0 Å². The van der Waals surface area contributed by atoms with Crippen LogP contribution in [-0.4, -0.2) is 26.4 Å². The van der Waals surface area contributed by atoms with E-state index < -0.39 is 4.92 Å². The molecule has 0 saturated carbocycles. The Hall–Kier alpha value is -1.95. The maximum absolute atomic E-state index is 10.5. The molecule has 1 heterocycles. The molecule has 0 fully saturated rings. The molecule has 0 bridgehead atoms. The van der Waals surface area contributed by atoms with Gasteiger partial charge in [-0.3, -0.25) is 14.8 Å². The molecule has 6 nitrogen and oxygen atoms in total. The molecule has 0 amide bonds. The summed E-state index contributed by atoms with van der Waals surface area (Å²) in [5.41, 5.74) is 0.834. The van der Waals surface area contributed by atoms with Crippen LogP contribution in [0.15, 0.2) is 24.4 Å². The summed E-state index contributed by atoms with van der Waals surface area (Å²) in [5.74, 6) is 0. The Balaban J connectivity index is 2.51. The monoisotopic (exact) mass is 207 g/mol. The molecule has 2 rings (SSSR count). The van der Waals surface area contributed by atoms with E-state index in [4.69, 9.17) is 5.11 Å². The highest BCUT2D eigenvalue weighted by molar-refractivity contribution is 5.81. The van der Waals surface area contributed by atoms with Crippen LogP contribution < -0.4 is 0 Å². The van der Waals surface area contributed by atoms with E-state index in [1.807, 2.05) is 0 Å². The van der Waals surface area contributed by atoms with Crippen molar-refractivity contribution in [1.29, 1.82) is 0 Å². The molecule has 0 aliphatic rings. The highest BCUT2D eigenvalue weighted by Gasteiger charge is 2.08. The Morgan fingerprint density at radius 3 is 3.00 bits per heavy atom. The largest absolute Gasteiger partial charge is 0.394 e. The van der Waals surface area contributed by atoms with Crippen molar-refractivity contribution in [3.05, 3.63) is 34.5 Å². The number of nitro groups is 1. The first-order valence-electron chi connectivity index (χ1n) is 4.43. The van der Waals surface area contributed by atoms with E-state index in [1.165, 1.54) is 12.1 Å². The van der Waals surface area contributed by atoms with E-state index in [0.717, 1.165) is 5.52 Å². The Bertz CT molecular complexity index is 506. The average molecular weight is 207 g/mol. The molecule has 0 aliphatic heterocycles. The third kappa shape index (κ3) is 1.66. The average Bonchev–Trinajstić information content (AvgIpc) is 2.61. The highest BCUT2D eigenvalue weighted by Crippen LogP contribution is 2.20. The SMILES string of the molecule is O=[N+]([O-])c1ccc2c(cnn2CCO)c1. The molecule has 0 radical (unpaired) electrons. The summed E-state index contributed by atoms with van der Waals surface area (Å²) < 4.78 is 1.61. The summed E-state index contributed by atoms with van der Waals surface area (Å²) >= 11 is 0. The lowest BCUT2D eigenvalue weighted by Gasteiger charge is -1.99. The molecule has 0 spiro atoms. The van der Waals surface area contributed by atoms with Crippen LogP contribution in [0.4, 0.5) is 5.69 Å². The number of non-ortho nitro benzene ring substituents is 1. The second kappa shape index (κ2) is 3.66. The fourth-order valence-corrected chi connectivity index (χ4v) is 1.46. The van der Waals surface area contributed by atoms with Crippen LogP contribution in [0.3, 0.4) is 0 Å². The molecule has 0 aliphatic carbocycles. The van der Waals surface area contributed by atoms with Gasteiger partial charge in [0.25, 0.3) is 5.69 Å². The summed E-state index contributed by atoms with van der Waals surface area (Å²) in [5, 5.41) is 24.0. The molecule has 1 aromatic carbocycles. The molecule has 15 heavy (non-hydrogen) atoms. The standard InChI is InChI=1S/C9H9N3O3/c13-4-3-11-9-2-1-8(12(14)15)5-7(9)6-10-11/h1-2,5-6,13H,3-4H2. The van der Waals surface area contributed by atoms with Crippen LogP contribution in [0.5, 0.6) is 0 Å². The number of nitro benzene ring substituents is 1. The van der Waals surface area contributed by atoms with Crippen molar-refractivity contribution in [2.45, 2.75) is 6.54 Å². The van der Waals surface area contributed by atoms with Gasteiger partial charge < -0.3 is 5.11 Å². The van der Waals surface area contributed by atoms with Crippen LogP contribution in [0.25, 0.3) is 10.9 Å². The van der Waals surface area contributed by atoms with Crippen molar-refractivity contribution in [2.75, 3.05) is 6.61 Å². The first-order valence-corrected chi connectivity index (χ1v) is 4.43. The lowest BCUT2D eigenvalue weighted by Crippen LogP contribution is -2.03. The highest BCUT2D eigenvalue weighted by atomic mass is 16.6. The molecule has 6 heteroatoms. The third-order valence-corrected chi connectivity index (χ3v) is 2.15. The quantitative estimate of drug-likeness (QED) is 0.599. The number of hydrogen-bond acceptors (Lipinski definition) is 4. The molecular formula is C9H9N3O3. The Labute approximate surface area is 84.9 Å². The molecule has 1 aromatic heterocycles. The van der Waals surface area contributed by atoms with Gasteiger partial charge in [-0.05, 0) is 6.07 Å². The smallest absolute Gasteiger partial charge is 0.270 e. The van der Waals surface area contributed by atoms with Crippen molar-refractivity contribution in [3.63, 3.8) is 0 Å². The summed E-state index contributed by atoms with van der Waals surface area (Å²) in [4.78, 5) is 10.1. The predicted molar refractivity (Wildman–Crippen MR) is 53.5 cm³/mol. The van der Waals surface area contributed by atoms with Crippen molar-refractivity contribution in [1.82, 2.24) is 9.78 Å². The van der Waals surface area contributed by atoms with Crippen LogP contribution in [0.1, 0.15) is 0 Å². The van der Waals surface area contributed by atoms with Crippen LogP contribution in [-0.2, 0) is 6.54 Å². The number of rotatable bonds is 3. The molecule has 0 unspecified atom stereocenters. The van der Waals surface area contributed by atoms with Gasteiger partial charge in [0.05, 0.1) is 29.8 Å². The van der Waals surface area contributed by atoms with Gasteiger partial charge in [0.2, 0.25) is 0 Å². The zero-order chi connectivity index (χ0) is 10.8. The fourth-order valence-electron chi connectivity index (χ4n) is 1.46. The molecule has 0 atom stereocenters. The Kier molecular flexibility index (Phi) is 2.34. The van der Waals surface area contributed by atoms with E-state index in [1.54, 1.807) is 16.9 Å². The maximum Gasteiger partial charge on any atom is 0.270 e. The van der Waals surface area contributed by atoms with E-state index in [9.17, 15) is 10.1 Å². The van der Waals surface area contributed by atoms with E-state index >= 15 is 0 Å². The van der Waals surface area contributed by atoms with Gasteiger partial charge in [0, 0.05) is 17.5 Å². The second-order valence-electron chi connectivity index (χ2n) is 3.09. The van der Waals surface area contributed by atoms with E-state index in [2.05, 4.69) is 5.10 Å². The third-order valence-electron chi connectivity index (χ3n) is 2.15. The number of nitrogens with zero attached hydrogens (tertiary/aromatic N) is 3. The second-order valence-corrected chi connectivity index (χ2v) is 3.09. The van der Waals surface area contributed by atoms with Gasteiger partial charge in [0.1, 0.15) is 0 Å². The minimum atomic E-state index is -0.442. The summed E-state index contributed by atoms with van der Waals surface area (Å²) in [7, 11) is 0. The van der Waals surface area contributed by atoms with Gasteiger partial charge in [0.15, 0.2) is 0 Å². The van der Waals surface area contributed by atoms with Crippen LogP contribution in [0.2, 0.25) is 0 Å². The topological polar surface area (TPSA) is 81.2 Å². The minimum absolute atomic E-state index is 0.00618. The molecule has 78 valence electrons. The summed E-state index contributed by atoms with van der Waals surface area (Å²) in [6, 6.07) is 4.53. The number of hydrogen-bond donors (Lipinski definition) is 1. The number of aliphatic hydroxyl groups is 1. The fraction of sp³-hybridized carbons (Fsp3) is 0.222.